The first-order valence-corrected chi connectivity index (χ1v) is 12.6. The van der Waals surface area contributed by atoms with E-state index in [4.69, 9.17) is 4.74 Å². The number of nitrogens with zero attached hydrogens (tertiary/aromatic N) is 2. The van der Waals surface area contributed by atoms with Crippen LogP contribution in [0.3, 0.4) is 0 Å². The molecule has 32 heavy (non-hydrogen) atoms. The fourth-order valence-corrected chi connectivity index (χ4v) is 4.91. The van der Waals surface area contributed by atoms with Crippen molar-refractivity contribution in [3.63, 3.8) is 0 Å². The van der Waals surface area contributed by atoms with Crippen molar-refractivity contribution in [2.24, 2.45) is 5.41 Å². The summed E-state index contributed by atoms with van der Waals surface area (Å²) in [4.78, 5) is 23.9. The van der Waals surface area contributed by atoms with Gasteiger partial charge in [-0.3, -0.25) is 13.9 Å². The van der Waals surface area contributed by atoms with Gasteiger partial charge in [0.1, 0.15) is 0 Å². The third kappa shape index (κ3) is 7.39. The quantitative estimate of drug-likeness (QED) is 0.285. The lowest BCUT2D eigenvalue weighted by molar-refractivity contribution is -0.140. The lowest BCUT2D eigenvalue weighted by Gasteiger charge is -2.33. The predicted molar refractivity (Wildman–Crippen MR) is 128 cm³/mol. The van der Waals surface area contributed by atoms with E-state index in [1.54, 1.807) is 9.13 Å². The lowest BCUT2D eigenvalue weighted by atomic mass is 9.75. The summed E-state index contributed by atoms with van der Waals surface area (Å²) >= 11 is 0. The molecule has 1 aromatic rings. The molecule has 2 N–H and O–H groups in total. The van der Waals surface area contributed by atoms with Crippen LogP contribution in [0.15, 0.2) is 11.0 Å². The number of aromatic nitrogens is 2. The molecule has 1 heterocycles. The fourth-order valence-electron chi connectivity index (χ4n) is 4.91. The molecule has 1 rings (SSSR count). The second-order valence-electron chi connectivity index (χ2n) is 9.13. The summed E-state index contributed by atoms with van der Waals surface area (Å²) < 4.78 is 8.96. The minimum Gasteiger partial charge on any atom is -0.493 e. The van der Waals surface area contributed by atoms with Crippen LogP contribution in [0, 0.1) is 5.41 Å². The second kappa shape index (κ2) is 13.7. The van der Waals surface area contributed by atoms with Crippen LogP contribution in [-0.2, 0) is 21.6 Å². The Hall–Kier alpha value is -1.76. The standard InChI is InChI=1S/C25H46N2O5/c1-6-24(7-2,19-22(29)30)15-11-13-17-32-18-14-12-16-25(8-3,9-4)27-21(28)20-26(10-5)23(27)31/h20,28H,6-19H2,1-5H3,(H,29,30). The van der Waals surface area contributed by atoms with E-state index in [0.29, 0.717) is 19.8 Å². The monoisotopic (exact) mass is 454 g/mol. The lowest BCUT2D eigenvalue weighted by Crippen LogP contribution is -2.40. The van der Waals surface area contributed by atoms with E-state index < -0.39 is 5.97 Å². The van der Waals surface area contributed by atoms with Gasteiger partial charge in [-0.1, -0.05) is 34.1 Å². The molecule has 0 aliphatic rings. The van der Waals surface area contributed by atoms with E-state index in [9.17, 15) is 19.8 Å². The molecule has 0 unspecified atom stereocenters. The SMILES string of the molecule is CCn1cc(O)n(C(CC)(CC)CCCCOCCCCC(CC)(CC)CC(=O)O)c1=O. The predicted octanol–water partition coefficient (Wildman–Crippen LogP) is 5.53. The van der Waals surface area contributed by atoms with Gasteiger partial charge in [-0.2, -0.15) is 0 Å². The molecular formula is C25H46N2O5. The van der Waals surface area contributed by atoms with E-state index >= 15 is 0 Å². The summed E-state index contributed by atoms with van der Waals surface area (Å²) in [5.41, 5.74) is -0.589. The molecule has 0 radical (unpaired) electrons. The third-order valence-electron chi connectivity index (χ3n) is 7.52. The van der Waals surface area contributed by atoms with Gasteiger partial charge in [-0.25, -0.2) is 4.79 Å². The van der Waals surface area contributed by atoms with Crippen LogP contribution in [0.25, 0.3) is 0 Å². The van der Waals surface area contributed by atoms with E-state index in [1.165, 1.54) is 6.20 Å². The maximum Gasteiger partial charge on any atom is 0.331 e. The van der Waals surface area contributed by atoms with Crippen molar-refractivity contribution in [3.05, 3.63) is 16.7 Å². The van der Waals surface area contributed by atoms with Crippen molar-refractivity contribution in [3.8, 4) is 5.88 Å². The number of aryl methyl sites for hydroxylation is 1. The Kier molecular flexibility index (Phi) is 12.1. The highest BCUT2D eigenvalue weighted by molar-refractivity contribution is 5.67. The summed E-state index contributed by atoms with van der Waals surface area (Å²) in [5, 5.41) is 19.6. The molecule has 0 atom stereocenters. The average molecular weight is 455 g/mol. The zero-order valence-corrected chi connectivity index (χ0v) is 21.0. The number of hydrogen-bond acceptors (Lipinski definition) is 4. The zero-order valence-electron chi connectivity index (χ0n) is 21.0. The minimum absolute atomic E-state index is 0.0509. The third-order valence-corrected chi connectivity index (χ3v) is 7.52. The molecule has 7 nitrogen and oxygen atoms in total. The summed E-state index contributed by atoms with van der Waals surface area (Å²) in [6, 6.07) is 0. The second-order valence-corrected chi connectivity index (χ2v) is 9.13. The highest BCUT2D eigenvalue weighted by Gasteiger charge is 2.32. The van der Waals surface area contributed by atoms with Crippen molar-refractivity contribution < 1.29 is 19.7 Å². The van der Waals surface area contributed by atoms with Gasteiger partial charge in [0, 0.05) is 19.8 Å². The maximum absolute atomic E-state index is 12.7. The normalized spacial score (nSPS) is 12.4. The Labute approximate surface area is 193 Å². The fraction of sp³-hybridized carbons (Fsp3) is 0.840. The molecular weight excluding hydrogens is 408 g/mol. The first-order valence-electron chi connectivity index (χ1n) is 12.6. The van der Waals surface area contributed by atoms with E-state index in [2.05, 4.69) is 27.7 Å². The number of unbranched alkanes of at least 4 members (excludes halogenated alkanes) is 2. The Balaban J connectivity index is 2.42. The Morgan fingerprint density at radius 1 is 0.938 bits per heavy atom. The van der Waals surface area contributed by atoms with Gasteiger partial charge in [0.2, 0.25) is 5.88 Å². The number of rotatable bonds is 18. The van der Waals surface area contributed by atoms with Crippen LogP contribution in [0.2, 0.25) is 0 Å². The number of carbonyl (C=O) groups is 1. The summed E-state index contributed by atoms with van der Waals surface area (Å²) in [5.74, 6) is -0.656. The highest BCUT2D eigenvalue weighted by Crippen LogP contribution is 2.36. The number of aliphatic carboxylic acids is 1. The van der Waals surface area contributed by atoms with Crippen molar-refractivity contribution in [1.82, 2.24) is 9.13 Å². The van der Waals surface area contributed by atoms with Gasteiger partial charge in [-0.15, -0.1) is 0 Å². The maximum atomic E-state index is 12.7. The van der Waals surface area contributed by atoms with E-state index in [1.807, 2.05) is 6.92 Å². The highest BCUT2D eigenvalue weighted by atomic mass is 16.5. The summed E-state index contributed by atoms with van der Waals surface area (Å²) in [7, 11) is 0. The summed E-state index contributed by atoms with van der Waals surface area (Å²) in [6.07, 6.45) is 10.7. The van der Waals surface area contributed by atoms with Crippen LogP contribution in [0.4, 0.5) is 0 Å². The van der Waals surface area contributed by atoms with Crippen molar-refractivity contribution in [2.45, 2.75) is 117 Å². The van der Waals surface area contributed by atoms with Gasteiger partial charge in [0.05, 0.1) is 18.2 Å². The van der Waals surface area contributed by atoms with Gasteiger partial charge < -0.3 is 14.9 Å². The van der Waals surface area contributed by atoms with E-state index in [-0.39, 0.29) is 28.9 Å². The number of imidazole rings is 1. The molecule has 0 bridgehead atoms. The minimum atomic E-state index is -0.706. The average Bonchev–Trinajstić information content (AvgIpc) is 3.08. The molecule has 7 heteroatoms. The molecule has 186 valence electrons. The molecule has 0 fully saturated rings. The number of carboxylic acid groups (broad SMARTS) is 1. The van der Waals surface area contributed by atoms with Crippen LogP contribution < -0.4 is 5.69 Å². The first kappa shape index (κ1) is 28.3. The van der Waals surface area contributed by atoms with Crippen LogP contribution in [0.5, 0.6) is 5.88 Å². The van der Waals surface area contributed by atoms with Crippen LogP contribution >= 0.6 is 0 Å². The Bertz CT molecular complexity index is 729. The Morgan fingerprint density at radius 2 is 1.50 bits per heavy atom. The Morgan fingerprint density at radius 3 is 1.94 bits per heavy atom. The molecule has 0 saturated carbocycles. The van der Waals surface area contributed by atoms with Crippen LogP contribution in [-0.4, -0.2) is 38.5 Å². The molecule has 0 aliphatic carbocycles. The van der Waals surface area contributed by atoms with Gasteiger partial charge in [0.25, 0.3) is 0 Å². The molecule has 1 aromatic heterocycles. The smallest absolute Gasteiger partial charge is 0.331 e. The molecule has 0 saturated heterocycles. The molecule has 0 spiro atoms. The van der Waals surface area contributed by atoms with Crippen LogP contribution in [0.1, 0.15) is 105 Å². The van der Waals surface area contributed by atoms with Crippen molar-refractivity contribution >= 4 is 5.97 Å². The van der Waals surface area contributed by atoms with Crippen molar-refractivity contribution in [2.75, 3.05) is 13.2 Å². The van der Waals surface area contributed by atoms with Gasteiger partial charge in [0.15, 0.2) is 0 Å². The number of hydrogen-bond donors (Lipinski definition) is 2. The van der Waals surface area contributed by atoms with Gasteiger partial charge >= 0.3 is 11.7 Å². The molecule has 0 aromatic carbocycles. The number of aromatic hydroxyl groups is 1. The molecule has 0 aliphatic heterocycles. The first-order chi connectivity index (χ1) is 15.2. The topological polar surface area (TPSA) is 93.7 Å². The zero-order chi connectivity index (χ0) is 24.2. The van der Waals surface area contributed by atoms with Gasteiger partial charge in [-0.05, 0) is 70.1 Å². The van der Waals surface area contributed by atoms with E-state index in [0.717, 1.165) is 64.2 Å². The van der Waals surface area contributed by atoms with Crippen molar-refractivity contribution in [1.29, 1.82) is 0 Å². The molecule has 0 amide bonds. The summed E-state index contributed by atoms with van der Waals surface area (Å²) in [6.45, 7) is 12.1. The number of carboxylic acids is 1. The largest absolute Gasteiger partial charge is 0.493 e. The number of ether oxygens (including phenoxy) is 1.